The van der Waals surface area contributed by atoms with Crippen LogP contribution in [0.15, 0.2) is 36.4 Å². The van der Waals surface area contributed by atoms with E-state index in [2.05, 4.69) is 0 Å². The molecule has 0 spiro atoms. The van der Waals surface area contributed by atoms with Crippen LogP contribution in [0.25, 0.3) is 10.8 Å². The summed E-state index contributed by atoms with van der Waals surface area (Å²) in [6, 6.07) is 10.6. The van der Waals surface area contributed by atoms with E-state index in [9.17, 15) is 5.11 Å². The van der Waals surface area contributed by atoms with Gasteiger partial charge in [0.2, 0.25) is 0 Å². The minimum Gasteiger partial charge on any atom is -0.507 e. The zero-order valence-corrected chi connectivity index (χ0v) is 8.22. The summed E-state index contributed by atoms with van der Waals surface area (Å²) in [6.07, 6.45) is 0. The number of hydrogen-bond donors (Lipinski definition) is 3. The maximum Gasteiger partial charge on any atom is 0.128 e. The van der Waals surface area contributed by atoms with Gasteiger partial charge in [-0.1, -0.05) is 36.4 Å². The van der Waals surface area contributed by atoms with Gasteiger partial charge in [-0.2, -0.15) is 0 Å². The monoisotopic (exact) mass is 203 g/mol. The Morgan fingerprint density at radius 1 is 1.13 bits per heavy atom. The molecule has 0 heterocycles. The number of fused-ring (bicyclic) bond motifs is 1. The molecule has 2 rings (SSSR count). The van der Waals surface area contributed by atoms with E-state index in [1.165, 1.54) is 0 Å². The fourth-order valence-corrected chi connectivity index (χ4v) is 1.67. The smallest absolute Gasteiger partial charge is 0.128 e. The molecule has 0 aliphatic heterocycles. The molecule has 0 amide bonds. The number of phenolic OH excluding ortho intramolecular Hbond substituents is 1. The number of nitrogens with two attached hydrogens (primary N) is 1. The zero-order valence-electron chi connectivity index (χ0n) is 8.22. The molecule has 0 saturated heterocycles. The Labute approximate surface area is 87.8 Å². The summed E-state index contributed by atoms with van der Waals surface area (Å²) in [5.74, 6) is 0.162. The second-order valence-corrected chi connectivity index (χ2v) is 3.51. The SMILES string of the molecule is N[C@@H](CO)c1ccc2ccccc2c1O. The van der Waals surface area contributed by atoms with Crippen LogP contribution in [0, 0.1) is 0 Å². The molecular formula is C12H13NO2. The van der Waals surface area contributed by atoms with Gasteiger partial charge in [0, 0.05) is 10.9 Å². The van der Waals surface area contributed by atoms with Crippen molar-refractivity contribution in [1.82, 2.24) is 0 Å². The molecule has 0 radical (unpaired) electrons. The van der Waals surface area contributed by atoms with Crippen molar-refractivity contribution >= 4 is 10.8 Å². The maximum atomic E-state index is 9.96. The fourth-order valence-electron chi connectivity index (χ4n) is 1.67. The van der Waals surface area contributed by atoms with E-state index in [0.29, 0.717) is 5.56 Å². The molecule has 1 atom stereocenters. The van der Waals surface area contributed by atoms with Gasteiger partial charge in [-0.25, -0.2) is 0 Å². The maximum absolute atomic E-state index is 9.96. The molecule has 0 unspecified atom stereocenters. The quantitative estimate of drug-likeness (QED) is 0.693. The molecule has 3 heteroatoms. The van der Waals surface area contributed by atoms with Crippen LogP contribution in [0.2, 0.25) is 0 Å². The molecule has 15 heavy (non-hydrogen) atoms. The molecule has 4 N–H and O–H groups in total. The highest BCUT2D eigenvalue weighted by Gasteiger charge is 2.11. The molecule has 3 nitrogen and oxygen atoms in total. The number of aliphatic hydroxyl groups is 1. The van der Waals surface area contributed by atoms with Crippen LogP contribution in [0.1, 0.15) is 11.6 Å². The summed E-state index contributed by atoms with van der Waals surface area (Å²) in [4.78, 5) is 0. The number of hydrogen-bond acceptors (Lipinski definition) is 3. The van der Waals surface area contributed by atoms with Crippen molar-refractivity contribution in [3.05, 3.63) is 42.0 Å². The van der Waals surface area contributed by atoms with Gasteiger partial charge >= 0.3 is 0 Å². The summed E-state index contributed by atoms with van der Waals surface area (Å²) in [6.45, 7) is -0.175. The van der Waals surface area contributed by atoms with Crippen LogP contribution in [0.5, 0.6) is 5.75 Å². The molecule has 0 bridgehead atoms. The average Bonchev–Trinajstić information content (AvgIpc) is 2.29. The average molecular weight is 203 g/mol. The van der Waals surface area contributed by atoms with Gasteiger partial charge in [0.05, 0.1) is 12.6 Å². The summed E-state index contributed by atoms with van der Waals surface area (Å²) >= 11 is 0. The van der Waals surface area contributed by atoms with Crippen molar-refractivity contribution < 1.29 is 10.2 Å². The van der Waals surface area contributed by atoms with E-state index in [-0.39, 0.29) is 12.4 Å². The van der Waals surface area contributed by atoms with Gasteiger partial charge < -0.3 is 15.9 Å². The first kappa shape index (κ1) is 9.96. The first-order valence-corrected chi connectivity index (χ1v) is 4.81. The normalized spacial score (nSPS) is 12.9. The van der Waals surface area contributed by atoms with Crippen LogP contribution in [0.4, 0.5) is 0 Å². The number of phenols is 1. The molecule has 0 fully saturated rings. The summed E-state index contributed by atoms with van der Waals surface area (Å²) < 4.78 is 0. The molecule has 2 aromatic rings. The number of aromatic hydroxyl groups is 1. The molecule has 0 aliphatic rings. The number of rotatable bonds is 2. The zero-order chi connectivity index (χ0) is 10.8. The van der Waals surface area contributed by atoms with Crippen LogP contribution >= 0.6 is 0 Å². The van der Waals surface area contributed by atoms with Crippen LogP contribution in [0.3, 0.4) is 0 Å². The Hall–Kier alpha value is -1.58. The molecule has 0 aromatic heterocycles. The van der Waals surface area contributed by atoms with E-state index in [1.807, 2.05) is 30.3 Å². The lowest BCUT2D eigenvalue weighted by atomic mass is 10.0. The standard InChI is InChI=1S/C12H13NO2/c13-11(7-14)10-6-5-8-3-1-2-4-9(8)12(10)15/h1-6,11,14-15H,7,13H2/t11-/m0/s1. The molecule has 78 valence electrons. The highest BCUT2D eigenvalue weighted by Crippen LogP contribution is 2.31. The second kappa shape index (κ2) is 3.88. The molecule has 0 saturated carbocycles. The molecule has 0 aliphatic carbocycles. The van der Waals surface area contributed by atoms with Gasteiger partial charge in [-0.3, -0.25) is 0 Å². The van der Waals surface area contributed by atoms with E-state index in [0.717, 1.165) is 10.8 Å². The Balaban J connectivity index is 2.65. The number of benzene rings is 2. The minimum absolute atomic E-state index is 0.162. The summed E-state index contributed by atoms with van der Waals surface area (Å²) in [7, 11) is 0. The second-order valence-electron chi connectivity index (χ2n) is 3.51. The van der Waals surface area contributed by atoms with Crippen molar-refractivity contribution in [3.8, 4) is 5.75 Å². The van der Waals surface area contributed by atoms with Gasteiger partial charge in [0.1, 0.15) is 5.75 Å². The van der Waals surface area contributed by atoms with Crippen molar-refractivity contribution in [1.29, 1.82) is 0 Å². The van der Waals surface area contributed by atoms with Crippen LogP contribution in [-0.4, -0.2) is 16.8 Å². The highest BCUT2D eigenvalue weighted by molar-refractivity contribution is 5.89. The predicted octanol–water partition coefficient (Wildman–Crippen LogP) is 1.54. The number of aliphatic hydroxyl groups excluding tert-OH is 1. The van der Waals surface area contributed by atoms with Gasteiger partial charge in [0.15, 0.2) is 0 Å². The van der Waals surface area contributed by atoms with Crippen molar-refractivity contribution in [3.63, 3.8) is 0 Å². The van der Waals surface area contributed by atoms with E-state index >= 15 is 0 Å². The van der Waals surface area contributed by atoms with E-state index in [4.69, 9.17) is 10.8 Å². The first-order valence-electron chi connectivity index (χ1n) is 4.81. The Morgan fingerprint density at radius 2 is 1.87 bits per heavy atom. The van der Waals surface area contributed by atoms with E-state index in [1.54, 1.807) is 6.07 Å². The minimum atomic E-state index is -0.533. The third kappa shape index (κ3) is 1.67. The molecular weight excluding hydrogens is 190 g/mol. The van der Waals surface area contributed by atoms with Crippen molar-refractivity contribution in [2.24, 2.45) is 5.73 Å². The Morgan fingerprint density at radius 3 is 2.60 bits per heavy atom. The van der Waals surface area contributed by atoms with Gasteiger partial charge in [-0.15, -0.1) is 0 Å². The van der Waals surface area contributed by atoms with Gasteiger partial charge in [0.25, 0.3) is 0 Å². The Bertz CT molecular complexity index is 482. The van der Waals surface area contributed by atoms with Crippen molar-refractivity contribution in [2.75, 3.05) is 6.61 Å². The lowest BCUT2D eigenvalue weighted by Gasteiger charge is -2.12. The summed E-state index contributed by atoms with van der Waals surface area (Å²) in [5, 5.41) is 20.6. The lowest BCUT2D eigenvalue weighted by Crippen LogP contribution is -2.14. The van der Waals surface area contributed by atoms with Crippen molar-refractivity contribution in [2.45, 2.75) is 6.04 Å². The van der Waals surface area contributed by atoms with E-state index < -0.39 is 6.04 Å². The highest BCUT2D eigenvalue weighted by atomic mass is 16.3. The topological polar surface area (TPSA) is 66.5 Å². The Kier molecular flexibility index (Phi) is 2.58. The summed E-state index contributed by atoms with van der Waals surface area (Å²) in [5.41, 5.74) is 6.26. The third-order valence-electron chi connectivity index (χ3n) is 2.53. The first-order chi connectivity index (χ1) is 7.24. The fraction of sp³-hybridized carbons (Fsp3) is 0.167. The van der Waals surface area contributed by atoms with Crippen LogP contribution in [-0.2, 0) is 0 Å². The van der Waals surface area contributed by atoms with Gasteiger partial charge in [-0.05, 0) is 5.39 Å². The lowest BCUT2D eigenvalue weighted by molar-refractivity contribution is 0.265. The largest absolute Gasteiger partial charge is 0.507 e. The third-order valence-corrected chi connectivity index (χ3v) is 2.53. The molecule has 2 aromatic carbocycles. The van der Waals surface area contributed by atoms with Crippen LogP contribution < -0.4 is 5.73 Å². The predicted molar refractivity (Wildman–Crippen MR) is 59.6 cm³/mol.